The van der Waals surface area contributed by atoms with Crippen molar-refractivity contribution in [3.63, 3.8) is 0 Å². The predicted molar refractivity (Wildman–Crippen MR) is 93.5 cm³/mol. The Hall–Kier alpha value is -2.74. The maximum Gasteiger partial charge on any atom is 0.176 e. The first kappa shape index (κ1) is 15.8. The van der Waals surface area contributed by atoms with E-state index in [-0.39, 0.29) is 28.6 Å². The van der Waals surface area contributed by atoms with Crippen LogP contribution in [0.2, 0.25) is 0 Å². The number of rotatable bonds is 1. The van der Waals surface area contributed by atoms with Crippen molar-refractivity contribution in [1.82, 2.24) is 14.8 Å². The van der Waals surface area contributed by atoms with Gasteiger partial charge in [0.25, 0.3) is 0 Å². The summed E-state index contributed by atoms with van der Waals surface area (Å²) in [5.41, 5.74) is 4.23. The Bertz CT molecular complexity index is 935. The number of pyridine rings is 1. The average Bonchev–Trinajstić information content (AvgIpc) is 2.96. The van der Waals surface area contributed by atoms with Gasteiger partial charge in [-0.25, -0.2) is 0 Å². The lowest BCUT2D eigenvalue weighted by Crippen LogP contribution is -2.45. The minimum atomic E-state index is -0.385. The van der Waals surface area contributed by atoms with Crippen molar-refractivity contribution in [2.75, 3.05) is 0 Å². The van der Waals surface area contributed by atoms with Gasteiger partial charge >= 0.3 is 0 Å². The standard InChI is InChI=1S/C20H20N4O/c1-12-16-7-6-15-17(13-5-4-8-22-11-13)24(3)23-19(15)20(16,2)9-14(10-21)18(12)25/h4-5,8-9,11-12,16H,6-7H2,1-3H3/t12-,16-,20-/m0/s1. The molecule has 0 aromatic carbocycles. The highest BCUT2D eigenvalue weighted by Gasteiger charge is 2.50. The number of carbonyl (C=O) groups is 1. The Morgan fingerprint density at radius 1 is 1.44 bits per heavy atom. The van der Waals surface area contributed by atoms with Crippen LogP contribution in [0.15, 0.2) is 36.2 Å². The summed E-state index contributed by atoms with van der Waals surface area (Å²) in [6.45, 7) is 4.07. The maximum atomic E-state index is 12.4. The number of fused-ring (bicyclic) bond motifs is 3. The molecule has 2 heterocycles. The first-order valence-electron chi connectivity index (χ1n) is 8.61. The van der Waals surface area contributed by atoms with Crippen LogP contribution < -0.4 is 0 Å². The van der Waals surface area contributed by atoms with E-state index in [4.69, 9.17) is 5.10 Å². The quantitative estimate of drug-likeness (QED) is 0.805. The van der Waals surface area contributed by atoms with Crippen LogP contribution in [0.3, 0.4) is 0 Å². The normalized spacial score (nSPS) is 27.9. The van der Waals surface area contributed by atoms with E-state index in [1.165, 1.54) is 5.56 Å². The molecule has 0 spiro atoms. The van der Waals surface area contributed by atoms with Crippen LogP contribution in [0.25, 0.3) is 11.3 Å². The summed E-state index contributed by atoms with van der Waals surface area (Å²) in [5.74, 6) is -0.000245. The second-order valence-electron chi connectivity index (χ2n) is 7.29. The highest BCUT2D eigenvalue weighted by Crippen LogP contribution is 2.50. The number of nitrogens with zero attached hydrogens (tertiary/aromatic N) is 4. The number of hydrogen-bond acceptors (Lipinski definition) is 4. The van der Waals surface area contributed by atoms with Gasteiger partial charge in [-0.2, -0.15) is 10.4 Å². The van der Waals surface area contributed by atoms with Crippen LogP contribution in [0, 0.1) is 23.2 Å². The molecule has 4 rings (SSSR count). The van der Waals surface area contributed by atoms with Gasteiger partial charge in [0, 0.05) is 41.9 Å². The fourth-order valence-corrected chi connectivity index (χ4v) is 4.71. The van der Waals surface area contributed by atoms with Gasteiger partial charge in [-0.1, -0.05) is 19.9 Å². The number of aryl methyl sites for hydroxylation is 1. The third-order valence-electron chi connectivity index (χ3n) is 5.91. The molecule has 0 N–H and O–H groups in total. The molecule has 0 aliphatic heterocycles. The van der Waals surface area contributed by atoms with Gasteiger partial charge in [0.2, 0.25) is 0 Å². The lowest BCUT2D eigenvalue weighted by Gasteiger charge is -2.44. The van der Waals surface area contributed by atoms with E-state index in [0.717, 1.165) is 29.8 Å². The predicted octanol–water partition coefficient (Wildman–Crippen LogP) is 2.97. The Labute approximate surface area is 147 Å². The van der Waals surface area contributed by atoms with Crippen molar-refractivity contribution >= 4 is 5.78 Å². The highest BCUT2D eigenvalue weighted by atomic mass is 16.1. The molecule has 0 bridgehead atoms. The zero-order valence-corrected chi connectivity index (χ0v) is 14.7. The van der Waals surface area contributed by atoms with Crippen molar-refractivity contribution in [3.05, 3.63) is 47.4 Å². The van der Waals surface area contributed by atoms with Crippen LogP contribution in [-0.2, 0) is 23.7 Å². The Morgan fingerprint density at radius 2 is 2.24 bits per heavy atom. The van der Waals surface area contributed by atoms with Crippen molar-refractivity contribution < 1.29 is 4.79 Å². The van der Waals surface area contributed by atoms with E-state index < -0.39 is 0 Å². The molecule has 126 valence electrons. The monoisotopic (exact) mass is 332 g/mol. The number of Topliss-reactive ketones (excluding diaryl/α,β-unsaturated/α-hetero) is 1. The second-order valence-corrected chi connectivity index (χ2v) is 7.29. The summed E-state index contributed by atoms with van der Waals surface area (Å²) >= 11 is 0. The minimum Gasteiger partial charge on any atom is -0.293 e. The maximum absolute atomic E-state index is 12.4. The van der Waals surface area contributed by atoms with Crippen molar-refractivity contribution in [2.24, 2.45) is 18.9 Å². The minimum absolute atomic E-state index is 0.0307. The molecule has 0 saturated carbocycles. The van der Waals surface area contributed by atoms with Gasteiger partial charge in [-0.05, 0) is 30.9 Å². The third kappa shape index (κ3) is 2.10. The lowest BCUT2D eigenvalue weighted by atomic mass is 9.58. The first-order chi connectivity index (χ1) is 12.0. The molecule has 0 fully saturated rings. The van der Waals surface area contributed by atoms with E-state index in [1.54, 1.807) is 6.20 Å². The Kier molecular flexibility index (Phi) is 3.40. The molecular weight excluding hydrogens is 312 g/mol. The Balaban J connectivity index is 1.94. The first-order valence-corrected chi connectivity index (χ1v) is 8.61. The summed E-state index contributed by atoms with van der Waals surface area (Å²) in [6.07, 6.45) is 7.29. The molecule has 2 aliphatic carbocycles. The molecule has 5 heteroatoms. The molecule has 0 amide bonds. The topological polar surface area (TPSA) is 71.6 Å². The van der Waals surface area contributed by atoms with E-state index in [9.17, 15) is 10.1 Å². The number of nitriles is 1. The van der Waals surface area contributed by atoms with Gasteiger partial charge in [0.05, 0.1) is 17.0 Å². The number of aromatic nitrogens is 3. The van der Waals surface area contributed by atoms with Crippen LogP contribution in [0.4, 0.5) is 0 Å². The fourth-order valence-electron chi connectivity index (χ4n) is 4.71. The molecular formula is C20H20N4O. The van der Waals surface area contributed by atoms with Crippen LogP contribution in [-0.4, -0.2) is 20.5 Å². The van der Waals surface area contributed by atoms with E-state index in [1.807, 2.05) is 43.1 Å². The molecule has 25 heavy (non-hydrogen) atoms. The zero-order chi connectivity index (χ0) is 17.8. The largest absolute Gasteiger partial charge is 0.293 e. The van der Waals surface area contributed by atoms with Crippen molar-refractivity contribution in [2.45, 2.75) is 32.1 Å². The van der Waals surface area contributed by atoms with Gasteiger partial charge in [-0.15, -0.1) is 0 Å². The summed E-state index contributed by atoms with van der Waals surface area (Å²) < 4.78 is 1.91. The SMILES string of the molecule is C[C@@H]1C(=O)C(C#N)=C[C@]2(C)c3nn(C)c(-c4cccnc4)c3CC[C@@H]12. The van der Waals surface area contributed by atoms with E-state index in [0.29, 0.717) is 0 Å². The molecule has 0 radical (unpaired) electrons. The summed E-state index contributed by atoms with van der Waals surface area (Å²) in [5, 5.41) is 14.2. The highest BCUT2D eigenvalue weighted by molar-refractivity contribution is 6.02. The van der Waals surface area contributed by atoms with Gasteiger partial charge in [0.15, 0.2) is 5.78 Å². The summed E-state index contributed by atoms with van der Waals surface area (Å²) in [7, 11) is 1.95. The molecule has 5 nitrogen and oxygen atoms in total. The van der Waals surface area contributed by atoms with Crippen molar-refractivity contribution in [1.29, 1.82) is 5.26 Å². The fraction of sp³-hybridized carbons (Fsp3) is 0.400. The molecule has 3 atom stereocenters. The number of ketones is 1. The van der Waals surface area contributed by atoms with Crippen molar-refractivity contribution in [3.8, 4) is 17.3 Å². The number of hydrogen-bond donors (Lipinski definition) is 0. The molecule has 2 aromatic heterocycles. The van der Waals surface area contributed by atoms with Crippen LogP contribution >= 0.6 is 0 Å². The van der Waals surface area contributed by atoms with Gasteiger partial charge < -0.3 is 0 Å². The molecule has 2 aromatic rings. The van der Waals surface area contributed by atoms with Gasteiger partial charge in [-0.3, -0.25) is 14.5 Å². The molecule has 0 saturated heterocycles. The van der Waals surface area contributed by atoms with Crippen LogP contribution in [0.5, 0.6) is 0 Å². The van der Waals surface area contributed by atoms with E-state index >= 15 is 0 Å². The smallest absolute Gasteiger partial charge is 0.176 e. The Morgan fingerprint density at radius 3 is 2.92 bits per heavy atom. The number of carbonyl (C=O) groups excluding carboxylic acids is 1. The summed E-state index contributed by atoms with van der Waals surface area (Å²) in [4.78, 5) is 16.7. The number of allylic oxidation sites excluding steroid dienone is 2. The lowest BCUT2D eigenvalue weighted by molar-refractivity contribution is -0.121. The molecule has 0 unspecified atom stereocenters. The average molecular weight is 332 g/mol. The van der Waals surface area contributed by atoms with Crippen LogP contribution in [0.1, 0.15) is 31.5 Å². The molecule has 2 aliphatic rings. The summed E-state index contributed by atoms with van der Waals surface area (Å²) in [6, 6.07) is 6.06. The zero-order valence-electron chi connectivity index (χ0n) is 14.7. The third-order valence-corrected chi connectivity index (χ3v) is 5.91. The van der Waals surface area contributed by atoms with E-state index in [2.05, 4.69) is 18.0 Å². The van der Waals surface area contributed by atoms with Gasteiger partial charge in [0.1, 0.15) is 6.07 Å². The second kappa shape index (κ2) is 5.38.